The average molecular weight is 415 g/mol. The highest BCUT2D eigenvalue weighted by molar-refractivity contribution is 5.97. The first kappa shape index (κ1) is 21.4. The van der Waals surface area contributed by atoms with E-state index in [-0.39, 0.29) is 29.2 Å². The largest absolute Gasteiger partial charge is 0.364 e. The summed E-state index contributed by atoms with van der Waals surface area (Å²) in [6, 6.07) is 4.01. The number of halogens is 1. The van der Waals surface area contributed by atoms with Gasteiger partial charge < -0.3 is 27.0 Å². The molecule has 160 valence electrons. The van der Waals surface area contributed by atoms with E-state index < -0.39 is 17.6 Å². The van der Waals surface area contributed by atoms with Crippen LogP contribution in [-0.4, -0.2) is 52.9 Å². The summed E-state index contributed by atoms with van der Waals surface area (Å²) in [5.41, 5.74) is 11.8. The third-order valence-electron chi connectivity index (χ3n) is 5.02. The van der Waals surface area contributed by atoms with Crippen molar-refractivity contribution in [1.82, 2.24) is 14.9 Å². The fourth-order valence-electron chi connectivity index (χ4n) is 3.40. The van der Waals surface area contributed by atoms with Gasteiger partial charge in [-0.15, -0.1) is 0 Å². The lowest BCUT2D eigenvalue weighted by atomic mass is 9.91. The Bertz CT molecular complexity index is 951. The van der Waals surface area contributed by atoms with E-state index in [9.17, 15) is 14.0 Å². The van der Waals surface area contributed by atoms with Gasteiger partial charge in [-0.3, -0.25) is 9.59 Å². The summed E-state index contributed by atoms with van der Waals surface area (Å²) >= 11 is 0. The lowest BCUT2D eigenvalue weighted by Crippen LogP contribution is -2.42. The molecule has 1 saturated carbocycles. The fraction of sp³-hybridized carbons (Fsp3) is 0.400. The summed E-state index contributed by atoms with van der Waals surface area (Å²) in [5.74, 6) is -1.36. The number of hydrogen-bond acceptors (Lipinski definition) is 7. The number of hydrogen-bond donors (Lipinski definition) is 4. The van der Waals surface area contributed by atoms with Crippen molar-refractivity contribution in [2.45, 2.75) is 37.8 Å². The molecule has 10 heteroatoms. The van der Waals surface area contributed by atoms with E-state index >= 15 is 0 Å². The number of amides is 2. The van der Waals surface area contributed by atoms with Crippen molar-refractivity contribution < 1.29 is 14.0 Å². The molecule has 2 amide bonds. The van der Waals surface area contributed by atoms with Crippen LogP contribution in [0.1, 0.15) is 46.5 Å². The number of nitrogens with zero attached hydrogens (tertiary/aromatic N) is 3. The average Bonchev–Trinajstić information content (AvgIpc) is 2.70. The van der Waals surface area contributed by atoms with Crippen molar-refractivity contribution in [3.05, 3.63) is 41.5 Å². The van der Waals surface area contributed by atoms with Crippen LogP contribution in [0.4, 0.5) is 21.7 Å². The Kier molecular flexibility index (Phi) is 6.46. The number of rotatable bonds is 6. The van der Waals surface area contributed by atoms with E-state index in [1.54, 1.807) is 0 Å². The summed E-state index contributed by atoms with van der Waals surface area (Å²) in [4.78, 5) is 33.8. The Morgan fingerprint density at radius 3 is 2.63 bits per heavy atom. The highest BCUT2D eigenvalue weighted by Gasteiger charge is 2.23. The van der Waals surface area contributed by atoms with Crippen LogP contribution < -0.4 is 22.1 Å². The number of benzene rings is 1. The van der Waals surface area contributed by atoms with E-state index in [0.29, 0.717) is 11.5 Å². The lowest BCUT2D eigenvalue weighted by molar-refractivity contribution is 0.0822. The molecular formula is C20H26FN7O2. The second-order valence-electron chi connectivity index (χ2n) is 7.54. The first-order valence-corrected chi connectivity index (χ1v) is 9.73. The zero-order valence-corrected chi connectivity index (χ0v) is 17.0. The normalized spacial score (nSPS) is 18.5. The molecule has 0 bridgehead atoms. The summed E-state index contributed by atoms with van der Waals surface area (Å²) < 4.78 is 14.1. The molecule has 2 unspecified atom stereocenters. The van der Waals surface area contributed by atoms with Gasteiger partial charge in [-0.05, 0) is 31.0 Å². The molecule has 2 aromatic rings. The maximum atomic E-state index is 14.1. The van der Waals surface area contributed by atoms with Crippen molar-refractivity contribution >= 4 is 29.1 Å². The highest BCUT2D eigenvalue weighted by atomic mass is 19.1. The summed E-state index contributed by atoms with van der Waals surface area (Å²) in [6.45, 7) is 0. The van der Waals surface area contributed by atoms with Gasteiger partial charge in [0.2, 0.25) is 0 Å². The SMILES string of the molecule is CN(C)C(=O)c1cc(Nc2nc(NC3CCCCC3N)cnc2C(N)=O)ccc1F. The minimum atomic E-state index is -0.766. The molecule has 9 nitrogen and oxygen atoms in total. The molecule has 3 rings (SSSR count). The number of carbonyl (C=O) groups is 2. The standard InChI is InChI=1S/C20H26FN7O2/c1-28(2)20(30)12-9-11(7-8-13(12)21)25-19-17(18(23)29)24-10-16(27-19)26-15-6-4-3-5-14(15)22/h7-10,14-15H,3-6,22H2,1-2H3,(H2,23,29)(H2,25,26,27). The molecular weight excluding hydrogens is 389 g/mol. The van der Waals surface area contributed by atoms with Crippen LogP contribution in [0.2, 0.25) is 0 Å². The van der Waals surface area contributed by atoms with E-state index in [1.807, 2.05) is 0 Å². The van der Waals surface area contributed by atoms with E-state index in [4.69, 9.17) is 11.5 Å². The van der Waals surface area contributed by atoms with Crippen molar-refractivity contribution in [2.24, 2.45) is 11.5 Å². The molecule has 30 heavy (non-hydrogen) atoms. The Balaban J connectivity index is 1.89. The second-order valence-corrected chi connectivity index (χ2v) is 7.54. The molecule has 0 radical (unpaired) electrons. The molecule has 6 N–H and O–H groups in total. The number of primary amides is 1. The molecule has 0 aliphatic heterocycles. The van der Waals surface area contributed by atoms with Crippen LogP contribution in [0.25, 0.3) is 0 Å². The number of nitrogens with one attached hydrogen (secondary N) is 2. The van der Waals surface area contributed by atoms with E-state index in [2.05, 4.69) is 20.6 Å². The number of nitrogens with two attached hydrogens (primary N) is 2. The number of anilines is 3. The third kappa shape index (κ3) is 4.82. The second kappa shape index (κ2) is 9.04. The van der Waals surface area contributed by atoms with Gasteiger partial charge in [0.25, 0.3) is 11.8 Å². The Morgan fingerprint density at radius 2 is 1.97 bits per heavy atom. The number of aromatic nitrogens is 2. The molecule has 1 aliphatic carbocycles. The predicted octanol–water partition coefficient (Wildman–Crippen LogP) is 1.84. The minimum absolute atomic E-state index is 0.00415. The zero-order chi connectivity index (χ0) is 21.8. The van der Waals surface area contributed by atoms with Gasteiger partial charge in [0.1, 0.15) is 11.6 Å². The quantitative estimate of drug-likeness (QED) is 0.564. The molecule has 1 fully saturated rings. The Labute approximate surface area is 174 Å². The van der Waals surface area contributed by atoms with Crippen LogP contribution >= 0.6 is 0 Å². The topological polar surface area (TPSA) is 139 Å². The summed E-state index contributed by atoms with van der Waals surface area (Å²) in [5, 5.41) is 6.19. The predicted molar refractivity (Wildman–Crippen MR) is 112 cm³/mol. The van der Waals surface area contributed by atoms with Gasteiger partial charge in [0.15, 0.2) is 11.5 Å². The van der Waals surface area contributed by atoms with Crippen LogP contribution in [0, 0.1) is 5.82 Å². The summed E-state index contributed by atoms with van der Waals surface area (Å²) in [6.07, 6.45) is 5.43. The van der Waals surface area contributed by atoms with Gasteiger partial charge in [-0.25, -0.2) is 14.4 Å². The minimum Gasteiger partial charge on any atom is -0.364 e. The molecule has 1 aliphatic rings. The lowest BCUT2D eigenvalue weighted by Gasteiger charge is -2.29. The third-order valence-corrected chi connectivity index (χ3v) is 5.02. The molecule has 2 atom stereocenters. The van der Waals surface area contributed by atoms with Crippen LogP contribution in [-0.2, 0) is 0 Å². The molecule has 0 saturated heterocycles. The van der Waals surface area contributed by atoms with Gasteiger partial charge in [-0.1, -0.05) is 12.8 Å². The first-order chi connectivity index (χ1) is 14.3. The molecule has 0 spiro atoms. The number of carbonyl (C=O) groups excluding carboxylic acids is 2. The zero-order valence-electron chi connectivity index (χ0n) is 17.0. The Hall–Kier alpha value is -3.27. The first-order valence-electron chi connectivity index (χ1n) is 9.73. The molecule has 1 aromatic heterocycles. The molecule has 1 heterocycles. The van der Waals surface area contributed by atoms with Crippen LogP contribution in [0.3, 0.4) is 0 Å². The molecule has 1 aromatic carbocycles. The van der Waals surface area contributed by atoms with Gasteiger partial charge in [-0.2, -0.15) is 0 Å². The summed E-state index contributed by atoms with van der Waals surface area (Å²) in [7, 11) is 3.06. The maximum Gasteiger partial charge on any atom is 0.271 e. The van der Waals surface area contributed by atoms with Crippen LogP contribution in [0.15, 0.2) is 24.4 Å². The van der Waals surface area contributed by atoms with Crippen molar-refractivity contribution in [3.63, 3.8) is 0 Å². The maximum absolute atomic E-state index is 14.1. The highest BCUT2D eigenvalue weighted by Crippen LogP contribution is 2.24. The smallest absolute Gasteiger partial charge is 0.271 e. The Morgan fingerprint density at radius 1 is 1.23 bits per heavy atom. The van der Waals surface area contributed by atoms with Gasteiger partial charge in [0, 0.05) is 31.9 Å². The van der Waals surface area contributed by atoms with E-state index in [0.717, 1.165) is 25.7 Å². The van der Waals surface area contributed by atoms with E-state index in [1.165, 1.54) is 43.4 Å². The van der Waals surface area contributed by atoms with Crippen molar-refractivity contribution in [2.75, 3.05) is 24.7 Å². The fourth-order valence-corrected chi connectivity index (χ4v) is 3.40. The van der Waals surface area contributed by atoms with Crippen molar-refractivity contribution in [1.29, 1.82) is 0 Å². The van der Waals surface area contributed by atoms with Gasteiger partial charge in [0.05, 0.1) is 11.8 Å². The van der Waals surface area contributed by atoms with Gasteiger partial charge >= 0.3 is 0 Å². The monoisotopic (exact) mass is 415 g/mol. The van der Waals surface area contributed by atoms with Crippen LogP contribution in [0.5, 0.6) is 0 Å². The van der Waals surface area contributed by atoms with Crippen molar-refractivity contribution in [3.8, 4) is 0 Å².